The average Bonchev–Trinajstić information content (AvgIpc) is 3.50. The van der Waals surface area contributed by atoms with Crippen LogP contribution in [0.15, 0.2) is 42.6 Å². The predicted molar refractivity (Wildman–Crippen MR) is 115 cm³/mol. The Morgan fingerprint density at radius 3 is 2.57 bits per heavy atom. The summed E-state index contributed by atoms with van der Waals surface area (Å²) in [5, 5.41) is 6.12. The monoisotopic (exact) mass is 408 g/mol. The van der Waals surface area contributed by atoms with E-state index in [0.717, 1.165) is 24.1 Å². The van der Waals surface area contributed by atoms with Crippen molar-refractivity contribution < 1.29 is 14.4 Å². The van der Waals surface area contributed by atoms with Crippen molar-refractivity contribution in [2.75, 3.05) is 17.2 Å². The first-order chi connectivity index (χ1) is 14.7. The minimum atomic E-state index is -0.257. The first-order valence-corrected chi connectivity index (χ1v) is 10.7. The van der Waals surface area contributed by atoms with Crippen molar-refractivity contribution in [2.24, 2.45) is 11.8 Å². The predicted octanol–water partition coefficient (Wildman–Crippen LogP) is 3.89. The minimum Gasteiger partial charge on any atom is -0.380 e. The zero-order valence-corrected chi connectivity index (χ0v) is 17.0. The molecule has 0 radical (unpaired) electrons. The molecule has 2 aromatic rings. The highest BCUT2D eigenvalue weighted by atomic mass is 16.6. The molecule has 2 saturated carbocycles. The van der Waals surface area contributed by atoms with Crippen LogP contribution in [-0.2, 0) is 16.2 Å². The molecule has 0 spiro atoms. The van der Waals surface area contributed by atoms with E-state index in [2.05, 4.69) is 21.1 Å². The first kappa shape index (κ1) is 20.3. The van der Waals surface area contributed by atoms with Crippen LogP contribution in [0.25, 0.3) is 0 Å². The second kappa shape index (κ2) is 9.71. The highest BCUT2D eigenvalue weighted by molar-refractivity contribution is 5.99. The third kappa shape index (κ3) is 5.57. The van der Waals surface area contributed by atoms with Gasteiger partial charge in [-0.05, 0) is 55.4 Å². The molecule has 1 aromatic heterocycles. The highest BCUT2D eigenvalue weighted by Gasteiger charge is 2.29. The van der Waals surface area contributed by atoms with Gasteiger partial charge in [0.2, 0.25) is 5.91 Å². The standard InChI is InChI=1S/C23H28N4O3/c28-22(18-10-11-18)26-21-12-9-17(14-25-21)13-24-20-8-4-3-7-19(20)23(29)27-30-15-16-5-1-2-6-16/h3-4,7-9,12,14,16,18,24H,1-2,5-6,10-11,13,15H2,(H,27,29)(H,25,26,28). The summed E-state index contributed by atoms with van der Waals surface area (Å²) < 4.78 is 0. The normalized spacial score (nSPS) is 16.3. The number of carbonyl (C=O) groups excluding carboxylic acids is 2. The molecule has 30 heavy (non-hydrogen) atoms. The van der Waals surface area contributed by atoms with E-state index in [1.807, 2.05) is 24.3 Å². The van der Waals surface area contributed by atoms with Crippen LogP contribution < -0.4 is 16.1 Å². The molecule has 1 aromatic carbocycles. The second-order valence-corrected chi connectivity index (χ2v) is 8.11. The molecule has 3 N–H and O–H groups in total. The summed E-state index contributed by atoms with van der Waals surface area (Å²) in [6.07, 6.45) is 8.49. The quantitative estimate of drug-likeness (QED) is 0.548. The minimum absolute atomic E-state index is 0.0449. The van der Waals surface area contributed by atoms with E-state index < -0.39 is 0 Å². The highest BCUT2D eigenvalue weighted by Crippen LogP contribution is 2.30. The summed E-state index contributed by atoms with van der Waals surface area (Å²) in [6, 6.07) is 11.1. The molecule has 4 rings (SSSR count). The van der Waals surface area contributed by atoms with E-state index in [1.54, 1.807) is 18.3 Å². The van der Waals surface area contributed by atoms with Gasteiger partial charge in [-0.2, -0.15) is 0 Å². The van der Waals surface area contributed by atoms with Gasteiger partial charge in [-0.25, -0.2) is 10.5 Å². The summed E-state index contributed by atoms with van der Waals surface area (Å²) in [7, 11) is 0. The third-order valence-corrected chi connectivity index (χ3v) is 5.64. The number of hydrogen-bond acceptors (Lipinski definition) is 5. The van der Waals surface area contributed by atoms with Crippen molar-refractivity contribution in [3.63, 3.8) is 0 Å². The van der Waals surface area contributed by atoms with Gasteiger partial charge in [0.1, 0.15) is 5.82 Å². The van der Waals surface area contributed by atoms with Gasteiger partial charge in [-0.1, -0.05) is 31.0 Å². The Bertz CT molecular complexity index is 874. The Labute approximate surface area is 176 Å². The lowest BCUT2D eigenvalue weighted by Crippen LogP contribution is -2.26. The Balaban J connectivity index is 1.28. The summed E-state index contributed by atoms with van der Waals surface area (Å²) >= 11 is 0. The first-order valence-electron chi connectivity index (χ1n) is 10.7. The van der Waals surface area contributed by atoms with Crippen molar-refractivity contribution >= 4 is 23.3 Å². The third-order valence-electron chi connectivity index (χ3n) is 5.64. The molecule has 0 bridgehead atoms. The van der Waals surface area contributed by atoms with Crippen LogP contribution in [0.2, 0.25) is 0 Å². The molecule has 0 saturated heterocycles. The molecule has 0 atom stereocenters. The van der Waals surface area contributed by atoms with Gasteiger partial charge < -0.3 is 10.6 Å². The number of hydrogen-bond donors (Lipinski definition) is 3. The Kier molecular flexibility index (Phi) is 6.59. The van der Waals surface area contributed by atoms with Crippen molar-refractivity contribution in [2.45, 2.75) is 45.1 Å². The molecule has 0 aliphatic heterocycles. The number of nitrogens with one attached hydrogen (secondary N) is 3. The number of aromatic nitrogens is 1. The topological polar surface area (TPSA) is 92.4 Å². The molecule has 2 aliphatic carbocycles. The van der Waals surface area contributed by atoms with Crippen LogP contribution in [0, 0.1) is 11.8 Å². The molecule has 2 fully saturated rings. The molecule has 2 aliphatic rings. The molecule has 0 unspecified atom stereocenters. The molecule has 7 nitrogen and oxygen atoms in total. The van der Waals surface area contributed by atoms with E-state index >= 15 is 0 Å². The van der Waals surface area contributed by atoms with E-state index in [-0.39, 0.29) is 17.7 Å². The lowest BCUT2D eigenvalue weighted by molar-refractivity contribution is -0.117. The lowest BCUT2D eigenvalue weighted by atomic mass is 10.1. The Hall–Kier alpha value is -2.93. The second-order valence-electron chi connectivity index (χ2n) is 8.11. The van der Waals surface area contributed by atoms with Gasteiger partial charge in [0.15, 0.2) is 0 Å². The SMILES string of the molecule is O=C(NOCC1CCCC1)c1ccccc1NCc1ccc(NC(=O)C2CC2)nc1. The van der Waals surface area contributed by atoms with Gasteiger partial charge in [0, 0.05) is 24.3 Å². The zero-order valence-electron chi connectivity index (χ0n) is 17.0. The molecule has 1 heterocycles. The fourth-order valence-corrected chi connectivity index (χ4v) is 3.67. The molecule has 7 heteroatoms. The van der Waals surface area contributed by atoms with Gasteiger partial charge in [-0.15, -0.1) is 0 Å². The van der Waals surface area contributed by atoms with Crippen molar-refractivity contribution in [3.05, 3.63) is 53.7 Å². The van der Waals surface area contributed by atoms with Crippen LogP contribution in [0.1, 0.15) is 54.4 Å². The molecule has 158 valence electrons. The summed E-state index contributed by atoms with van der Waals surface area (Å²) in [4.78, 5) is 34.1. The van der Waals surface area contributed by atoms with E-state index in [4.69, 9.17) is 4.84 Å². The van der Waals surface area contributed by atoms with Crippen LogP contribution in [0.4, 0.5) is 11.5 Å². The van der Waals surface area contributed by atoms with Crippen molar-refractivity contribution in [1.29, 1.82) is 0 Å². The number of hydroxylamine groups is 1. The number of nitrogens with zero attached hydrogens (tertiary/aromatic N) is 1. The van der Waals surface area contributed by atoms with Crippen LogP contribution >= 0.6 is 0 Å². The van der Waals surface area contributed by atoms with Gasteiger partial charge >= 0.3 is 0 Å². The van der Waals surface area contributed by atoms with Crippen molar-refractivity contribution in [3.8, 4) is 0 Å². The maximum atomic E-state index is 12.5. The molecular formula is C23H28N4O3. The van der Waals surface area contributed by atoms with Gasteiger partial charge in [0.05, 0.1) is 12.2 Å². The number of benzene rings is 1. The largest absolute Gasteiger partial charge is 0.380 e. The van der Waals surface area contributed by atoms with E-state index in [1.165, 1.54) is 25.7 Å². The average molecular weight is 409 g/mol. The van der Waals surface area contributed by atoms with E-state index in [0.29, 0.717) is 30.5 Å². The van der Waals surface area contributed by atoms with Crippen LogP contribution in [0.5, 0.6) is 0 Å². The number of anilines is 2. The maximum absolute atomic E-state index is 12.5. The summed E-state index contributed by atoms with van der Waals surface area (Å²) in [5.41, 5.74) is 4.78. The van der Waals surface area contributed by atoms with E-state index in [9.17, 15) is 9.59 Å². The number of carbonyl (C=O) groups is 2. The lowest BCUT2D eigenvalue weighted by Gasteiger charge is -2.14. The number of rotatable bonds is 9. The fourth-order valence-electron chi connectivity index (χ4n) is 3.67. The number of pyridine rings is 1. The van der Waals surface area contributed by atoms with Crippen LogP contribution in [0.3, 0.4) is 0 Å². The van der Waals surface area contributed by atoms with Crippen molar-refractivity contribution in [1.82, 2.24) is 10.5 Å². The smallest absolute Gasteiger partial charge is 0.276 e. The Morgan fingerprint density at radius 1 is 1.03 bits per heavy atom. The number of para-hydroxylation sites is 1. The molecule has 2 amide bonds. The molecular weight excluding hydrogens is 380 g/mol. The Morgan fingerprint density at radius 2 is 1.83 bits per heavy atom. The van der Waals surface area contributed by atoms with Crippen LogP contribution in [-0.4, -0.2) is 23.4 Å². The number of amides is 2. The fraction of sp³-hybridized carbons (Fsp3) is 0.435. The summed E-state index contributed by atoms with van der Waals surface area (Å²) in [6.45, 7) is 1.08. The maximum Gasteiger partial charge on any atom is 0.276 e. The summed E-state index contributed by atoms with van der Waals surface area (Å²) in [5.74, 6) is 1.05. The van der Waals surface area contributed by atoms with Gasteiger partial charge in [-0.3, -0.25) is 14.4 Å². The zero-order chi connectivity index (χ0) is 20.8. The van der Waals surface area contributed by atoms with Gasteiger partial charge in [0.25, 0.3) is 5.91 Å².